The third kappa shape index (κ3) is 6.76. The van der Waals surface area contributed by atoms with E-state index in [2.05, 4.69) is 16.0 Å². The van der Waals surface area contributed by atoms with Gasteiger partial charge in [-0.05, 0) is 18.6 Å². The number of carbonyl (C=O) groups excluding carboxylic acids is 2. The van der Waals surface area contributed by atoms with Gasteiger partial charge in [0, 0.05) is 19.5 Å². The van der Waals surface area contributed by atoms with E-state index in [0.29, 0.717) is 30.9 Å². The summed E-state index contributed by atoms with van der Waals surface area (Å²) in [5.74, 6) is 0.438. The lowest BCUT2D eigenvalue weighted by atomic mass is 10.3. The molecule has 2 amide bonds. The number of methoxy groups -OCH3 is 1. The minimum Gasteiger partial charge on any atom is -0.495 e. The lowest BCUT2D eigenvalue weighted by Gasteiger charge is -2.10. The highest BCUT2D eigenvalue weighted by Crippen LogP contribution is 2.22. The van der Waals surface area contributed by atoms with Crippen LogP contribution in [0.25, 0.3) is 0 Å². The molecule has 1 aromatic carbocycles. The molecule has 0 spiro atoms. The smallest absolute Gasteiger partial charge is 0.238 e. The Hall–Kier alpha value is -2.08. The minimum absolute atomic E-state index is 0.00510. The average molecular weight is 293 g/mol. The molecular formula is C15H23N3O3. The standard InChI is InChI=1S/C15H23N3O3/c1-3-9-17-14(19)8-10-16-11-15(20)18-12-6-4-5-7-13(12)21-2/h4-7,16H,3,8-11H2,1-2H3,(H,17,19)(H,18,20). The number of hydrogen-bond donors (Lipinski definition) is 3. The number of para-hydroxylation sites is 2. The Morgan fingerprint density at radius 1 is 1.14 bits per heavy atom. The molecule has 116 valence electrons. The number of amides is 2. The van der Waals surface area contributed by atoms with Crippen LogP contribution in [-0.4, -0.2) is 38.6 Å². The average Bonchev–Trinajstić information content (AvgIpc) is 2.50. The third-order valence-electron chi connectivity index (χ3n) is 2.77. The first-order valence-electron chi connectivity index (χ1n) is 7.07. The van der Waals surface area contributed by atoms with Crippen LogP contribution in [0.2, 0.25) is 0 Å². The second-order valence-corrected chi connectivity index (χ2v) is 4.53. The molecule has 1 aromatic rings. The van der Waals surface area contributed by atoms with Gasteiger partial charge in [0.2, 0.25) is 11.8 Å². The van der Waals surface area contributed by atoms with Gasteiger partial charge in [-0.3, -0.25) is 9.59 Å². The normalized spacial score (nSPS) is 10.0. The molecule has 0 saturated carbocycles. The third-order valence-corrected chi connectivity index (χ3v) is 2.77. The topological polar surface area (TPSA) is 79.5 Å². The van der Waals surface area contributed by atoms with Gasteiger partial charge in [0.15, 0.2) is 0 Å². The van der Waals surface area contributed by atoms with E-state index in [9.17, 15) is 9.59 Å². The molecule has 0 fully saturated rings. The van der Waals surface area contributed by atoms with Crippen molar-refractivity contribution in [3.63, 3.8) is 0 Å². The summed E-state index contributed by atoms with van der Waals surface area (Å²) in [4.78, 5) is 23.1. The van der Waals surface area contributed by atoms with E-state index in [1.54, 1.807) is 19.2 Å². The molecule has 0 heterocycles. The van der Waals surface area contributed by atoms with Gasteiger partial charge in [-0.15, -0.1) is 0 Å². The highest BCUT2D eigenvalue weighted by molar-refractivity contribution is 5.93. The van der Waals surface area contributed by atoms with Crippen LogP contribution in [-0.2, 0) is 9.59 Å². The van der Waals surface area contributed by atoms with Crippen molar-refractivity contribution >= 4 is 17.5 Å². The summed E-state index contributed by atoms with van der Waals surface area (Å²) in [5, 5.41) is 8.47. The van der Waals surface area contributed by atoms with E-state index >= 15 is 0 Å². The van der Waals surface area contributed by atoms with Gasteiger partial charge in [-0.25, -0.2) is 0 Å². The van der Waals surface area contributed by atoms with Crippen LogP contribution in [0.15, 0.2) is 24.3 Å². The first-order valence-corrected chi connectivity index (χ1v) is 7.07. The van der Waals surface area contributed by atoms with Crippen molar-refractivity contribution < 1.29 is 14.3 Å². The monoisotopic (exact) mass is 293 g/mol. The molecule has 1 rings (SSSR count). The summed E-state index contributed by atoms with van der Waals surface area (Å²) < 4.78 is 5.15. The Kier molecular flexibility index (Phi) is 7.89. The second kappa shape index (κ2) is 9.77. The van der Waals surface area contributed by atoms with Crippen LogP contribution >= 0.6 is 0 Å². The van der Waals surface area contributed by atoms with Crippen LogP contribution in [0.3, 0.4) is 0 Å². The molecule has 6 heteroatoms. The summed E-state index contributed by atoms with van der Waals surface area (Å²) in [6, 6.07) is 7.21. The van der Waals surface area contributed by atoms with Gasteiger partial charge in [-0.2, -0.15) is 0 Å². The fraction of sp³-hybridized carbons (Fsp3) is 0.467. The van der Waals surface area contributed by atoms with Gasteiger partial charge in [0.25, 0.3) is 0 Å². The molecule has 0 aliphatic heterocycles. The quantitative estimate of drug-likeness (QED) is 0.597. The largest absolute Gasteiger partial charge is 0.495 e. The van der Waals surface area contributed by atoms with Crippen molar-refractivity contribution in [2.45, 2.75) is 19.8 Å². The van der Waals surface area contributed by atoms with Crippen molar-refractivity contribution in [2.75, 3.05) is 32.1 Å². The van der Waals surface area contributed by atoms with Crippen molar-refractivity contribution in [3.05, 3.63) is 24.3 Å². The first-order chi connectivity index (χ1) is 10.2. The summed E-state index contributed by atoms with van der Waals surface area (Å²) in [5.41, 5.74) is 0.632. The van der Waals surface area contributed by atoms with Crippen LogP contribution in [0.4, 0.5) is 5.69 Å². The van der Waals surface area contributed by atoms with Crippen LogP contribution in [0.1, 0.15) is 19.8 Å². The van der Waals surface area contributed by atoms with E-state index < -0.39 is 0 Å². The maximum absolute atomic E-state index is 11.8. The molecule has 6 nitrogen and oxygen atoms in total. The van der Waals surface area contributed by atoms with Gasteiger partial charge >= 0.3 is 0 Å². The van der Waals surface area contributed by atoms with Crippen molar-refractivity contribution in [2.24, 2.45) is 0 Å². The number of rotatable bonds is 9. The predicted molar refractivity (Wildman–Crippen MR) is 82.4 cm³/mol. The number of ether oxygens (including phenoxy) is 1. The highest BCUT2D eigenvalue weighted by atomic mass is 16.5. The van der Waals surface area contributed by atoms with Crippen LogP contribution < -0.4 is 20.7 Å². The van der Waals surface area contributed by atoms with Crippen molar-refractivity contribution in [1.29, 1.82) is 0 Å². The van der Waals surface area contributed by atoms with Crippen LogP contribution in [0.5, 0.6) is 5.75 Å². The second-order valence-electron chi connectivity index (χ2n) is 4.53. The predicted octanol–water partition coefficient (Wildman–Crippen LogP) is 1.14. The molecule has 0 atom stereocenters. The van der Waals surface area contributed by atoms with Gasteiger partial charge in [-0.1, -0.05) is 19.1 Å². The molecule has 21 heavy (non-hydrogen) atoms. The van der Waals surface area contributed by atoms with E-state index in [-0.39, 0.29) is 18.4 Å². The Morgan fingerprint density at radius 2 is 1.90 bits per heavy atom. The Morgan fingerprint density at radius 3 is 2.62 bits per heavy atom. The summed E-state index contributed by atoms with van der Waals surface area (Å²) >= 11 is 0. The molecule has 0 aliphatic carbocycles. The zero-order chi connectivity index (χ0) is 15.5. The maximum atomic E-state index is 11.8. The Labute approximate surface area is 125 Å². The van der Waals surface area contributed by atoms with E-state index in [1.807, 2.05) is 19.1 Å². The highest BCUT2D eigenvalue weighted by Gasteiger charge is 2.06. The van der Waals surface area contributed by atoms with Gasteiger partial charge < -0.3 is 20.7 Å². The van der Waals surface area contributed by atoms with Crippen molar-refractivity contribution in [3.8, 4) is 5.75 Å². The number of anilines is 1. The molecule has 3 N–H and O–H groups in total. The molecule has 0 aromatic heterocycles. The zero-order valence-corrected chi connectivity index (χ0v) is 12.6. The van der Waals surface area contributed by atoms with Gasteiger partial charge in [0.05, 0.1) is 19.3 Å². The Balaban J connectivity index is 2.24. The summed E-state index contributed by atoms with van der Waals surface area (Å²) in [6.07, 6.45) is 1.28. The first kappa shape index (κ1) is 17.0. The molecule has 0 saturated heterocycles. The zero-order valence-electron chi connectivity index (χ0n) is 12.6. The molecular weight excluding hydrogens is 270 g/mol. The van der Waals surface area contributed by atoms with Gasteiger partial charge in [0.1, 0.15) is 5.75 Å². The fourth-order valence-electron chi connectivity index (χ4n) is 1.70. The number of benzene rings is 1. The molecule has 0 bridgehead atoms. The maximum Gasteiger partial charge on any atom is 0.238 e. The fourth-order valence-corrected chi connectivity index (χ4v) is 1.70. The van der Waals surface area contributed by atoms with E-state index in [1.165, 1.54) is 0 Å². The number of hydrogen-bond acceptors (Lipinski definition) is 4. The molecule has 0 radical (unpaired) electrons. The number of nitrogens with one attached hydrogen (secondary N) is 3. The SMILES string of the molecule is CCCNC(=O)CCNCC(=O)Nc1ccccc1OC. The minimum atomic E-state index is -0.173. The number of carbonyl (C=O) groups is 2. The van der Waals surface area contributed by atoms with Crippen molar-refractivity contribution in [1.82, 2.24) is 10.6 Å². The summed E-state index contributed by atoms with van der Waals surface area (Å²) in [7, 11) is 1.55. The lowest BCUT2D eigenvalue weighted by Crippen LogP contribution is -2.32. The lowest BCUT2D eigenvalue weighted by molar-refractivity contribution is -0.121. The Bertz CT molecular complexity index is 463. The molecule has 0 aliphatic rings. The van der Waals surface area contributed by atoms with E-state index in [0.717, 1.165) is 6.42 Å². The van der Waals surface area contributed by atoms with Crippen LogP contribution in [0, 0.1) is 0 Å². The summed E-state index contributed by atoms with van der Waals surface area (Å²) in [6.45, 7) is 3.31. The molecule has 0 unspecified atom stereocenters. The van der Waals surface area contributed by atoms with E-state index in [4.69, 9.17) is 4.74 Å².